The van der Waals surface area contributed by atoms with Crippen molar-refractivity contribution in [3.8, 4) is 5.69 Å². The van der Waals surface area contributed by atoms with E-state index >= 15 is 0 Å². The Morgan fingerprint density at radius 2 is 1.70 bits per heavy atom. The van der Waals surface area contributed by atoms with Gasteiger partial charge in [-0.25, -0.2) is 4.68 Å². The number of rotatable bonds is 3. The molecule has 2 rings (SSSR count). The number of hydrogen-bond donors (Lipinski definition) is 0. The summed E-state index contributed by atoms with van der Waals surface area (Å²) in [5.41, 5.74) is -0.453. The smallest absolute Gasteiger partial charge is 0.298 e. The summed E-state index contributed by atoms with van der Waals surface area (Å²) in [4.78, 5) is 11.2. The minimum absolute atomic E-state index is 0.0127. The molecule has 0 aliphatic heterocycles. The van der Waals surface area contributed by atoms with Gasteiger partial charge in [0.05, 0.1) is 26.9 Å². The number of carbonyl (C=O) groups excluding carboxylic acids is 1. The van der Waals surface area contributed by atoms with Crippen LogP contribution in [0.25, 0.3) is 5.69 Å². The SMILES string of the molecule is CC(C)c1nn(-c2c(Cl)cc(C(F)(F)F)cc2Cl)c(Cl)c1C=O. The first kappa shape index (κ1) is 18.1. The molecule has 124 valence electrons. The third-order valence-corrected chi connectivity index (χ3v) is 4.05. The zero-order valence-corrected chi connectivity index (χ0v) is 14.1. The minimum Gasteiger partial charge on any atom is -0.298 e. The van der Waals surface area contributed by atoms with Crippen molar-refractivity contribution in [1.29, 1.82) is 0 Å². The third-order valence-electron chi connectivity index (χ3n) is 3.11. The molecule has 1 heterocycles. The van der Waals surface area contributed by atoms with E-state index in [1.807, 2.05) is 0 Å². The highest BCUT2D eigenvalue weighted by atomic mass is 35.5. The first-order valence-corrected chi connectivity index (χ1v) is 7.51. The number of nitrogens with zero attached hydrogens (tertiary/aromatic N) is 2. The molecule has 9 heteroatoms. The minimum atomic E-state index is -4.59. The predicted molar refractivity (Wildman–Crippen MR) is 83.1 cm³/mol. The summed E-state index contributed by atoms with van der Waals surface area (Å²) >= 11 is 18.0. The van der Waals surface area contributed by atoms with Gasteiger partial charge in [0.25, 0.3) is 0 Å². The molecule has 0 spiro atoms. The van der Waals surface area contributed by atoms with Crippen LogP contribution < -0.4 is 0 Å². The van der Waals surface area contributed by atoms with Gasteiger partial charge in [-0.15, -0.1) is 0 Å². The van der Waals surface area contributed by atoms with E-state index in [0.29, 0.717) is 12.0 Å². The number of aldehydes is 1. The van der Waals surface area contributed by atoms with Crippen LogP contribution in [0.5, 0.6) is 0 Å². The van der Waals surface area contributed by atoms with Gasteiger partial charge in [0.1, 0.15) is 10.8 Å². The third kappa shape index (κ3) is 3.34. The van der Waals surface area contributed by atoms with Crippen molar-refractivity contribution >= 4 is 41.1 Å². The quantitative estimate of drug-likeness (QED) is 0.627. The fourth-order valence-corrected chi connectivity index (χ4v) is 2.95. The number of aromatic nitrogens is 2. The Labute approximate surface area is 144 Å². The molecule has 0 unspecified atom stereocenters. The summed E-state index contributed by atoms with van der Waals surface area (Å²) in [5.74, 6) is -0.124. The maximum absolute atomic E-state index is 12.8. The molecule has 2 aromatic rings. The van der Waals surface area contributed by atoms with Gasteiger partial charge in [-0.2, -0.15) is 18.3 Å². The number of halogens is 6. The Kier molecular flexibility index (Phi) is 4.99. The second kappa shape index (κ2) is 6.34. The van der Waals surface area contributed by atoms with Gasteiger partial charge in [-0.1, -0.05) is 48.7 Å². The molecular formula is C14H10Cl3F3N2O. The maximum Gasteiger partial charge on any atom is 0.416 e. The van der Waals surface area contributed by atoms with Gasteiger partial charge in [0.2, 0.25) is 0 Å². The average molecular weight is 386 g/mol. The Balaban J connectivity index is 2.71. The van der Waals surface area contributed by atoms with Crippen LogP contribution in [0, 0.1) is 0 Å². The van der Waals surface area contributed by atoms with E-state index in [9.17, 15) is 18.0 Å². The zero-order chi connectivity index (χ0) is 17.5. The summed E-state index contributed by atoms with van der Waals surface area (Å²) in [7, 11) is 0. The summed E-state index contributed by atoms with van der Waals surface area (Å²) in [5, 5.41) is 3.55. The summed E-state index contributed by atoms with van der Waals surface area (Å²) in [6.07, 6.45) is -4.05. The van der Waals surface area contributed by atoms with Crippen LogP contribution >= 0.6 is 34.8 Å². The highest BCUT2D eigenvalue weighted by Gasteiger charge is 2.33. The summed E-state index contributed by atoms with van der Waals surface area (Å²) in [6, 6.07) is 1.47. The highest BCUT2D eigenvalue weighted by molar-refractivity contribution is 6.38. The second-order valence-electron chi connectivity index (χ2n) is 5.06. The van der Waals surface area contributed by atoms with Gasteiger partial charge in [0.15, 0.2) is 6.29 Å². The van der Waals surface area contributed by atoms with Gasteiger partial charge in [-0.05, 0) is 18.1 Å². The fraction of sp³-hybridized carbons (Fsp3) is 0.286. The maximum atomic E-state index is 12.8. The Morgan fingerprint density at radius 1 is 1.17 bits per heavy atom. The van der Waals surface area contributed by atoms with Crippen molar-refractivity contribution in [3.05, 3.63) is 44.2 Å². The first-order valence-electron chi connectivity index (χ1n) is 6.38. The fourth-order valence-electron chi connectivity index (χ4n) is 2.04. The molecule has 0 fully saturated rings. The lowest BCUT2D eigenvalue weighted by molar-refractivity contribution is -0.137. The van der Waals surface area contributed by atoms with Crippen molar-refractivity contribution in [3.63, 3.8) is 0 Å². The molecule has 0 bridgehead atoms. The lowest BCUT2D eigenvalue weighted by Gasteiger charge is -2.13. The number of carbonyl (C=O) groups is 1. The molecule has 0 radical (unpaired) electrons. The van der Waals surface area contributed by atoms with Gasteiger partial charge < -0.3 is 0 Å². The molecule has 0 aliphatic rings. The van der Waals surface area contributed by atoms with Crippen LogP contribution in [-0.2, 0) is 6.18 Å². The topological polar surface area (TPSA) is 34.9 Å². The van der Waals surface area contributed by atoms with Gasteiger partial charge >= 0.3 is 6.18 Å². The molecule has 1 aromatic heterocycles. The van der Waals surface area contributed by atoms with E-state index in [1.165, 1.54) is 0 Å². The lowest BCUT2D eigenvalue weighted by Crippen LogP contribution is -2.07. The van der Waals surface area contributed by atoms with Crippen LogP contribution in [0.15, 0.2) is 12.1 Å². The van der Waals surface area contributed by atoms with E-state index in [1.54, 1.807) is 13.8 Å². The molecule has 0 saturated heterocycles. The van der Waals surface area contributed by atoms with Gasteiger partial charge in [-0.3, -0.25) is 4.79 Å². The largest absolute Gasteiger partial charge is 0.416 e. The molecule has 0 amide bonds. The predicted octanol–water partition coefficient (Wildman–Crippen LogP) is 5.79. The molecular weight excluding hydrogens is 376 g/mol. The van der Waals surface area contributed by atoms with Crippen LogP contribution in [0.2, 0.25) is 15.2 Å². The molecule has 1 aromatic carbocycles. The Hall–Kier alpha value is -1.24. The van der Waals surface area contributed by atoms with Crippen molar-refractivity contribution in [1.82, 2.24) is 9.78 Å². The standard InChI is InChI=1S/C14H10Cl3F3N2O/c1-6(2)11-8(5-23)13(17)22(21-11)12-9(15)3-7(4-10(12)16)14(18,19)20/h3-6H,1-2H3. The molecule has 0 saturated carbocycles. The van der Waals surface area contributed by atoms with Gasteiger partial charge in [0, 0.05) is 0 Å². The van der Waals surface area contributed by atoms with Crippen LogP contribution in [0.1, 0.15) is 41.4 Å². The van der Waals surface area contributed by atoms with E-state index in [0.717, 1.165) is 16.8 Å². The zero-order valence-electron chi connectivity index (χ0n) is 11.9. The Morgan fingerprint density at radius 3 is 2.04 bits per heavy atom. The molecule has 3 nitrogen and oxygen atoms in total. The number of benzene rings is 1. The molecule has 23 heavy (non-hydrogen) atoms. The van der Waals surface area contributed by atoms with Crippen molar-refractivity contribution in [2.24, 2.45) is 0 Å². The van der Waals surface area contributed by atoms with E-state index in [4.69, 9.17) is 34.8 Å². The number of hydrogen-bond acceptors (Lipinski definition) is 2. The molecule has 0 N–H and O–H groups in total. The lowest BCUT2D eigenvalue weighted by atomic mass is 10.1. The number of alkyl halides is 3. The molecule has 0 atom stereocenters. The van der Waals surface area contributed by atoms with Crippen LogP contribution in [0.4, 0.5) is 13.2 Å². The average Bonchev–Trinajstić information content (AvgIpc) is 2.74. The van der Waals surface area contributed by atoms with Crippen molar-refractivity contribution < 1.29 is 18.0 Å². The monoisotopic (exact) mass is 384 g/mol. The van der Waals surface area contributed by atoms with E-state index in [2.05, 4.69) is 5.10 Å². The summed E-state index contributed by atoms with van der Waals surface area (Å²) < 4.78 is 39.4. The summed E-state index contributed by atoms with van der Waals surface area (Å²) in [6.45, 7) is 3.60. The van der Waals surface area contributed by atoms with E-state index < -0.39 is 11.7 Å². The van der Waals surface area contributed by atoms with Crippen LogP contribution in [-0.4, -0.2) is 16.1 Å². The van der Waals surface area contributed by atoms with Crippen molar-refractivity contribution in [2.45, 2.75) is 25.9 Å². The highest BCUT2D eigenvalue weighted by Crippen LogP contribution is 2.39. The van der Waals surface area contributed by atoms with E-state index in [-0.39, 0.29) is 32.4 Å². The second-order valence-corrected chi connectivity index (χ2v) is 6.23. The normalized spacial score (nSPS) is 12.0. The van der Waals surface area contributed by atoms with Crippen LogP contribution in [0.3, 0.4) is 0 Å². The molecule has 0 aliphatic carbocycles. The first-order chi connectivity index (χ1) is 10.6. The van der Waals surface area contributed by atoms with Crippen molar-refractivity contribution in [2.75, 3.05) is 0 Å². The Bertz CT molecular complexity index is 746.